The van der Waals surface area contributed by atoms with Gasteiger partial charge in [0.05, 0.1) is 36.4 Å². The largest absolute Gasteiger partial charge is 0.480 e. The molecule has 3 rings (SSSR count). The first-order chi connectivity index (χ1) is 12.4. The molecule has 0 radical (unpaired) electrons. The van der Waals surface area contributed by atoms with Crippen molar-refractivity contribution in [1.29, 1.82) is 0 Å². The van der Waals surface area contributed by atoms with Crippen molar-refractivity contribution < 1.29 is 19.1 Å². The zero-order valence-electron chi connectivity index (χ0n) is 15.3. The number of aliphatic carboxylic acids is 1. The number of carbonyl (C=O) groups excluding carboxylic acids is 1. The third-order valence-corrected chi connectivity index (χ3v) is 4.92. The van der Waals surface area contributed by atoms with Crippen molar-refractivity contribution in [3.8, 4) is 0 Å². The van der Waals surface area contributed by atoms with Gasteiger partial charge in [0.25, 0.3) is 5.91 Å². The van der Waals surface area contributed by atoms with Gasteiger partial charge in [-0.15, -0.1) is 0 Å². The predicted octanol–water partition coefficient (Wildman–Crippen LogP) is 1.80. The fraction of sp³-hybridized carbons (Fsp3) is 0.500. The van der Waals surface area contributed by atoms with Gasteiger partial charge in [-0.2, -0.15) is 0 Å². The number of furan rings is 1. The Morgan fingerprint density at radius 2 is 2.15 bits per heavy atom. The van der Waals surface area contributed by atoms with Crippen molar-refractivity contribution in [3.05, 3.63) is 40.9 Å². The number of nitrogens with one attached hydrogen (secondary N) is 1. The van der Waals surface area contributed by atoms with Crippen LogP contribution >= 0.6 is 0 Å². The van der Waals surface area contributed by atoms with E-state index in [0.717, 1.165) is 18.8 Å². The van der Waals surface area contributed by atoms with E-state index in [1.165, 1.54) is 11.2 Å². The van der Waals surface area contributed by atoms with E-state index in [9.17, 15) is 14.7 Å². The van der Waals surface area contributed by atoms with Crippen LogP contribution in [0.3, 0.4) is 0 Å². The normalized spacial score (nSPS) is 16.8. The second-order valence-corrected chi connectivity index (χ2v) is 6.46. The van der Waals surface area contributed by atoms with Crippen LogP contribution < -0.4 is 0 Å². The van der Waals surface area contributed by atoms with Gasteiger partial charge >= 0.3 is 5.97 Å². The summed E-state index contributed by atoms with van der Waals surface area (Å²) in [7, 11) is 0. The first-order valence-corrected chi connectivity index (χ1v) is 8.81. The van der Waals surface area contributed by atoms with Crippen molar-refractivity contribution in [2.75, 3.05) is 13.1 Å². The van der Waals surface area contributed by atoms with Crippen LogP contribution in [0.4, 0.5) is 0 Å². The van der Waals surface area contributed by atoms with E-state index in [1.807, 2.05) is 0 Å². The molecular formula is C18H24N4O4. The van der Waals surface area contributed by atoms with Crippen LogP contribution in [0, 0.1) is 6.92 Å². The molecule has 1 aliphatic rings. The Bertz CT molecular complexity index is 806. The molecule has 0 bridgehead atoms. The number of imidazole rings is 1. The number of nitrogens with zero attached hydrogens (tertiary/aromatic N) is 3. The van der Waals surface area contributed by atoms with E-state index >= 15 is 0 Å². The van der Waals surface area contributed by atoms with Crippen LogP contribution in [0.2, 0.25) is 0 Å². The maximum Gasteiger partial charge on any atom is 0.326 e. The highest BCUT2D eigenvalue weighted by Crippen LogP contribution is 2.25. The predicted molar refractivity (Wildman–Crippen MR) is 93.7 cm³/mol. The fourth-order valence-electron chi connectivity index (χ4n) is 3.33. The molecule has 1 atom stereocenters. The van der Waals surface area contributed by atoms with Crippen molar-refractivity contribution in [2.24, 2.45) is 0 Å². The van der Waals surface area contributed by atoms with Gasteiger partial charge in [0.1, 0.15) is 17.6 Å². The van der Waals surface area contributed by atoms with Gasteiger partial charge < -0.3 is 19.4 Å². The standard InChI is InChI=1S/C18H24N4O4/c1-4-21(5-2)8-12-6-13(11(3)26-12)17(23)22-9-15-14(19-10-20-15)7-16(22)18(24)25/h6,10,16H,4-5,7-9H2,1-3H3,(H,19,20)(H,24,25)/t16-/m0/s1. The number of aromatic amines is 1. The molecule has 0 spiro atoms. The molecule has 0 aliphatic carbocycles. The molecule has 0 fully saturated rings. The maximum atomic E-state index is 13.1. The van der Waals surface area contributed by atoms with Crippen LogP contribution in [-0.2, 0) is 24.3 Å². The van der Waals surface area contributed by atoms with Crippen molar-refractivity contribution in [2.45, 2.75) is 46.3 Å². The first kappa shape index (κ1) is 18.2. The summed E-state index contributed by atoms with van der Waals surface area (Å²) in [6.07, 6.45) is 1.73. The second kappa shape index (κ2) is 7.33. The summed E-state index contributed by atoms with van der Waals surface area (Å²) in [6.45, 7) is 8.46. The number of aromatic nitrogens is 2. The summed E-state index contributed by atoms with van der Waals surface area (Å²) in [5.74, 6) is -0.140. The van der Waals surface area contributed by atoms with Gasteiger partial charge in [0, 0.05) is 6.42 Å². The highest BCUT2D eigenvalue weighted by molar-refractivity contribution is 5.97. The molecular weight excluding hydrogens is 336 g/mol. The Morgan fingerprint density at radius 3 is 2.81 bits per heavy atom. The van der Waals surface area contributed by atoms with Crippen molar-refractivity contribution in [3.63, 3.8) is 0 Å². The average molecular weight is 360 g/mol. The summed E-state index contributed by atoms with van der Waals surface area (Å²) in [4.78, 5) is 35.4. The Hall–Kier alpha value is -2.61. The number of carboxylic acids is 1. The lowest BCUT2D eigenvalue weighted by Gasteiger charge is -2.32. The molecule has 1 amide bonds. The first-order valence-electron chi connectivity index (χ1n) is 8.81. The molecule has 8 nitrogen and oxygen atoms in total. The number of carbonyl (C=O) groups is 2. The smallest absolute Gasteiger partial charge is 0.326 e. The molecule has 8 heteroatoms. The van der Waals surface area contributed by atoms with Gasteiger partial charge in [0.15, 0.2) is 0 Å². The Balaban J connectivity index is 1.86. The minimum absolute atomic E-state index is 0.196. The number of fused-ring (bicyclic) bond motifs is 1. The van der Waals surface area contributed by atoms with Crippen LogP contribution in [0.1, 0.15) is 47.1 Å². The topological polar surface area (TPSA) is 103 Å². The fourth-order valence-corrected chi connectivity index (χ4v) is 3.33. The molecule has 3 heterocycles. The highest BCUT2D eigenvalue weighted by atomic mass is 16.4. The Morgan fingerprint density at radius 1 is 1.42 bits per heavy atom. The molecule has 2 aromatic rings. The Kier molecular flexibility index (Phi) is 5.13. The van der Waals surface area contributed by atoms with Crippen LogP contribution in [0.15, 0.2) is 16.8 Å². The molecule has 2 aromatic heterocycles. The van der Waals surface area contributed by atoms with E-state index in [-0.39, 0.29) is 18.9 Å². The van der Waals surface area contributed by atoms with Gasteiger partial charge in [-0.05, 0) is 26.1 Å². The Labute approximate surface area is 151 Å². The molecule has 140 valence electrons. The zero-order valence-corrected chi connectivity index (χ0v) is 15.3. The van der Waals surface area contributed by atoms with E-state index in [2.05, 4.69) is 28.7 Å². The van der Waals surface area contributed by atoms with Gasteiger partial charge in [-0.25, -0.2) is 9.78 Å². The van der Waals surface area contributed by atoms with Gasteiger partial charge in [-0.1, -0.05) is 13.8 Å². The number of carboxylic acid groups (broad SMARTS) is 1. The van der Waals surface area contributed by atoms with Crippen LogP contribution in [0.25, 0.3) is 0 Å². The van der Waals surface area contributed by atoms with Crippen molar-refractivity contribution in [1.82, 2.24) is 19.8 Å². The monoisotopic (exact) mass is 360 g/mol. The zero-order chi connectivity index (χ0) is 18.8. The summed E-state index contributed by atoms with van der Waals surface area (Å²) >= 11 is 0. The third-order valence-electron chi connectivity index (χ3n) is 4.92. The lowest BCUT2D eigenvalue weighted by Crippen LogP contribution is -2.48. The van der Waals surface area contributed by atoms with E-state index < -0.39 is 12.0 Å². The number of hydrogen-bond donors (Lipinski definition) is 2. The van der Waals surface area contributed by atoms with E-state index in [4.69, 9.17) is 4.42 Å². The molecule has 2 N–H and O–H groups in total. The minimum Gasteiger partial charge on any atom is -0.480 e. The SMILES string of the molecule is CCN(CC)Cc1cc(C(=O)N2Cc3[nH]cnc3C[C@H]2C(=O)O)c(C)o1. The summed E-state index contributed by atoms with van der Waals surface area (Å²) in [6, 6.07) is 0.802. The van der Waals surface area contributed by atoms with E-state index in [0.29, 0.717) is 29.3 Å². The molecule has 0 saturated carbocycles. The molecule has 0 aromatic carbocycles. The number of aryl methyl sites for hydroxylation is 1. The van der Waals surface area contributed by atoms with Crippen LogP contribution in [0.5, 0.6) is 0 Å². The summed E-state index contributed by atoms with van der Waals surface area (Å²) in [5.41, 5.74) is 1.90. The van der Waals surface area contributed by atoms with Gasteiger partial charge in [-0.3, -0.25) is 9.69 Å². The summed E-state index contributed by atoms with van der Waals surface area (Å²) in [5, 5.41) is 9.56. The van der Waals surface area contributed by atoms with Crippen molar-refractivity contribution >= 4 is 11.9 Å². The third kappa shape index (κ3) is 3.37. The molecule has 0 saturated heterocycles. The lowest BCUT2D eigenvalue weighted by atomic mass is 10.0. The number of amides is 1. The number of hydrogen-bond acceptors (Lipinski definition) is 5. The average Bonchev–Trinajstić information content (AvgIpc) is 3.23. The number of H-pyrrole nitrogens is 1. The van der Waals surface area contributed by atoms with E-state index in [1.54, 1.807) is 13.0 Å². The molecule has 26 heavy (non-hydrogen) atoms. The molecule has 1 aliphatic heterocycles. The quantitative estimate of drug-likeness (QED) is 0.814. The summed E-state index contributed by atoms with van der Waals surface area (Å²) < 4.78 is 5.75. The van der Waals surface area contributed by atoms with Gasteiger partial charge in [0.2, 0.25) is 0 Å². The van der Waals surface area contributed by atoms with Crippen LogP contribution in [-0.4, -0.2) is 55.9 Å². The lowest BCUT2D eigenvalue weighted by molar-refractivity contribution is -0.142. The molecule has 0 unspecified atom stereocenters. The number of rotatable bonds is 6. The second-order valence-electron chi connectivity index (χ2n) is 6.46. The highest BCUT2D eigenvalue weighted by Gasteiger charge is 2.37. The minimum atomic E-state index is -1.03. The maximum absolute atomic E-state index is 13.1.